The Kier molecular flexibility index (Phi) is 4.94. The summed E-state index contributed by atoms with van der Waals surface area (Å²) in [6.07, 6.45) is 0.872. The van der Waals surface area contributed by atoms with Crippen molar-refractivity contribution in [3.8, 4) is 0 Å². The smallest absolute Gasteiger partial charge is 0.425 e. The van der Waals surface area contributed by atoms with Crippen molar-refractivity contribution in [1.82, 2.24) is 15.0 Å². The summed E-state index contributed by atoms with van der Waals surface area (Å²) in [5, 5.41) is 0.587. The molecule has 0 spiro atoms. The number of aromatic nitrogens is 3. The molecular formula is C16H21ClN4O4. The summed E-state index contributed by atoms with van der Waals surface area (Å²) in [5.41, 5.74) is -1.25. The van der Waals surface area contributed by atoms with Gasteiger partial charge in [-0.15, -0.1) is 0 Å². The third kappa shape index (κ3) is 4.60. The van der Waals surface area contributed by atoms with Crippen molar-refractivity contribution in [2.45, 2.75) is 52.7 Å². The van der Waals surface area contributed by atoms with Crippen molar-refractivity contribution in [2.24, 2.45) is 0 Å². The van der Waals surface area contributed by atoms with Gasteiger partial charge in [0, 0.05) is 6.20 Å². The Morgan fingerprint density at radius 3 is 2.04 bits per heavy atom. The van der Waals surface area contributed by atoms with Crippen LogP contribution in [0.2, 0.25) is 5.02 Å². The number of fused-ring (bicyclic) bond motifs is 1. The summed E-state index contributed by atoms with van der Waals surface area (Å²) >= 11 is 6.16. The lowest BCUT2D eigenvalue weighted by Gasteiger charge is -2.28. The van der Waals surface area contributed by atoms with Crippen LogP contribution in [0.3, 0.4) is 0 Å². The highest BCUT2D eigenvalue weighted by molar-refractivity contribution is 6.37. The molecule has 0 aromatic carbocycles. The predicted molar refractivity (Wildman–Crippen MR) is 93.8 cm³/mol. The number of imide groups is 1. The van der Waals surface area contributed by atoms with Gasteiger partial charge < -0.3 is 14.5 Å². The van der Waals surface area contributed by atoms with E-state index in [1.807, 2.05) is 0 Å². The van der Waals surface area contributed by atoms with Gasteiger partial charge in [-0.2, -0.15) is 4.90 Å². The highest BCUT2D eigenvalue weighted by Gasteiger charge is 2.35. The van der Waals surface area contributed by atoms with Gasteiger partial charge in [0.2, 0.25) is 0 Å². The monoisotopic (exact) mass is 368 g/mol. The fourth-order valence-corrected chi connectivity index (χ4v) is 2.17. The Morgan fingerprint density at radius 2 is 1.56 bits per heavy atom. The SMILES string of the molecule is CC(C)(C)OC(=O)N(C(=O)OC(C)(C)C)c1ncnc2[nH]cc(Cl)c12. The second kappa shape index (κ2) is 6.51. The molecule has 2 rings (SSSR count). The second-order valence-corrected chi connectivity index (χ2v) is 7.76. The van der Waals surface area contributed by atoms with Crippen LogP contribution in [0.4, 0.5) is 15.4 Å². The molecular weight excluding hydrogens is 348 g/mol. The van der Waals surface area contributed by atoms with Crippen LogP contribution < -0.4 is 4.90 Å². The lowest BCUT2D eigenvalue weighted by atomic mass is 10.2. The Hall–Kier alpha value is -2.35. The zero-order valence-corrected chi connectivity index (χ0v) is 15.8. The van der Waals surface area contributed by atoms with E-state index in [9.17, 15) is 9.59 Å². The van der Waals surface area contributed by atoms with E-state index in [4.69, 9.17) is 21.1 Å². The molecule has 9 heteroatoms. The number of anilines is 1. The van der Waals surface area contributed by atoms with Gasteiger partial charge in [-0.05, 0) is 41.5 Å². The number of carbonyl (C=O) groups is 2. The van der Waals surface area contributed by atoms with Gasteiger partial charge in [-0.1, -0.05) is 11.6 Å². The van der Waals surface area contributed by atoms with Crippen molar-refractivity contribution in [2.75, 3.05) is 4.90 Å². The molecule has 8 nitrogen and oxygen atoms in total. The van der Waals surface area contributed by atoms with Crippen LogP contribution in [0.5, 0.6) is 0 Å². The number of amides is 2. The molecule has 0 saturated heterocycles. The van der Waals surface area contributed by atoms with Gasteiger partial charge in [-0.25, -0.2) is 19.6 Å². The molecule has 0 fully saturated rings. The van der Waals surface area contributed by atoms with Gasteiger partial charge in [0.25, 0.3) is 0 Å². The molecule has 2 amide bonds. The number of ether oxygens (including phenoxy) is 2. The quantitative estimate of drug-likeness (QED) is 0.806. The first-order chi connectivity index (χ1) is 11.4. The first-order valence-corrected chi connectivity index (χ1v) is 8.00. The van der Waals surface area contributed by atoms with Crippen LogP contribution in [-0.2, 0) is 9.47 Å². The van der Waals surface area contributed by atoms with Crippen molar-refractivity contribution in [1.29, 1.82) is 0 Å². The van der Waals surface area contributed by atoms with Gasteiger partial charge in [0.15, 0.2) is 5.82 Å². The summed E-state index contributed by atoms with van der Waals surface area (Å²) in [7, 11) is 0. The number of nitrogens with one attached hydrogen (secondary N) is 1. The number of hydrogen-bond donors (Lipinski definition) is 1. The maximum Gasteiger partial charge on any atom is 0.425 e. The Balaban J connectivity index is 2.55. The molecule has 0 unspecified atom stereocenters. The number of carbonyl (C=O) groups excluding carboxylic acids is 2. The summed E-state index contributed by atoms with van der Waals surface area (Å²) in [4.78, 5) is 37.0. The topological polar surface area (TPSA) is 97.4 Å². The second-order valence-electron chi connectivity index (χ2n) is 7.35. The number of nitrogens with zero attached hydrogens (tertiary/aromatic N) is 3. The zero-order chi connectivity index (χ0) is 19.0. The van der Waals surface area contributed by atoms with Gasteiger partial charge in [0.05, 0.1) is 10.4 Å². The van der Waals surface area contributed by atoms with Crippen molar-refractivity contribution in [3.05, 3.63) is 17.5 Å². The van der Waals surface area contributed by atoms with Crippen LogP contribution in [0.15, 0.2) is 12.5 Å². The molecule has 0 aliphatic heterocycles. The van der Waals surface area contributed by atoms with Crippen molar-refractivity contribution >= 4 is 40.6 Å². The average Bonchev–Trinajstić information content (AvgIpc) is 2.77. The first-order valence-electron chi connectivity index (χ1n) is 7.63. The highest BCUT2D eigenvalue weighted by atomic mass is 35.5. The van der Waals surface area contributed by atoms with Crippen LogP contribution in [-0.4, -0.2) is 38.3 Å². The van der Waals surface area contributed by atoms with E-state index < -0.39 is 23.4 Å². The van der Waals surface area contributed by atoms with E-state index in [0.29, 0.717) is 11.0 Å². The third-order valence-electron chi connectivity index (χ3n) is 2.77. The molecule has 0 aliphatic rings. The van der Waals surface area contributed by atoms with E-state index in [-0.39, 0.29) is 10.8 Å². The third-order valence-corrected chi connectivity index (χ3v) is 3.06. The molecule has 1 N–H and O–H groups in total. The highest BCUT2D eigenvalue weighted by Crippen LogP contribution is 2.31. The number of H-pyrrole nitrogens is 1. The van der Waals surface area contributed by atoms with Crippen LogP contribution in [0.1, 0.15) is 41.5 Å². The summed E-state index contributed by atoms with van der Waals surface area (Å²) in [5.74, 6) is -0.0141. The minimum Gasteiger partial charge on any atom is -0.443 e. The van der Waals surface area contributed by atoms with E-state index in [2.05, 4.69) is 15.0 Å². The molecule has 0 bridgehead atoms. The Bertz CT molecular complexity index is 777. The van der Waals surface area contributed by atoms with Gasteiger partial charge in [-0.3, -0.25) is 0 Å². The largest absolute Gasteiger partial charge is 0.443 e. The summed E-state index contributed by atoms with van der Waals surface area (Å²) in [6, 6.07) is 0. The first kappa shape index (κ1) is 19.0. The average molecular weight is 369 g/mol. The molecule has 2 heterocycles. The summed E-state index contributed by atoms with van der Waals surface area (Å²) < 4.78 is 10.7. The van der Waals surface area contributed by atoms with Gasteiger partial charge >= 0.3 is 12.2 Å². The van der Waals surface area contributed by atoms with Crippen LogP contribution >= 0.6 is 11.6 Å². The molecule has 2 aromatic rings. The molecule has 2 aromatic heterocycles. The number of halogens is 1. The van der Waals surface area contributed by atoms with Crippen molar-refractivity contribution < 1.29 is 19.1 Å². The number of aromatic amines is 1. The zero-order valence-electron chi connectivity index (χ0n) is 15.0. The maximum absolute atomic E-state index is 12.7. The fourth-order valence-electron chi connectivity index (χ4n) is 1.94. The Labute approximate surface area is 150 Å². The number of rotatable bonds is 1. The molecule has 0 atom stereocenters. The van der Waals surface area contributed by atoms with Gasteiger partial charge in [0.1, 0.15) is 23.2 Å². The van der Waals surface area contributed by atoms with Crippen LogP contribution in [0.25, 0.3) is 11.0 Å². The maximum atomic E-state index is 12.7. The minimum atomic E-state index is -0.918. The lowest BCUT2D eigenvalue weighted by Crippen LogP contribution is -2.44. The summed E-state index contributed by atoms with van der Waals surface area (Å²) in [6.45, 7) is 10.1. The number of hydrogen-bond acceptors (Lipinski definition) is 6. The van der Waals surface area contributed by atoms with E-state index in [0.717, 1.165) is 4.90 Å². The molecule has 0 saturated carbocycles. The van der Waals surface area contributed by atoms with Crippen molar-refractivity contribution in [3.63, 3.8) is 0 Å². The van der Waals surface area contributed by atoms with E-state index >= 15 is 0 Å². The lowest BCUT2D eigenvalue weighted by molar-refractivity contribution is 0.0429. The predicted octanol–water partition coefficient (Wildman–Crippen LogP) is 4.29. The normalized spacial score (nSPS) is 12.1. The van der Waals surface area contributed by atoms with Crippen LogP contribution in [0, 0.1) is 0 Å². The van der Waals surface area contributed by atoms with E-state index in [1.165, 1.54) is 12.5 Å². The molecule has 0 aliphatic carbocycles. The standard InChI is InChI=1S/C16H21ClN4O4/c1-15(2,3)24-13(22)21(14(23)25-16(4,5)6)12-10-9(17)7-18-11(10)19-8-20-12/h7-8H,1-6H3,(H,18,19,20). The van der Waals surface area contributed by atoms with E-state index in [1.54, 1.807) is 41.5 Å². The Morgan fingerprint density at radius 1 is 1.04 bits per heavy atom. The molecule has 0 radical (unpaired) electrons. The molecule has 136 valence electrons. The fraction of sp³-hybridized carbons (Fsp3) is 0.500. The minimum absolute atomic E-state index is 0.0141. The molecule has 25 heavy (non-hydrogen) atoms.